The van der Waals surface area contributed by atoms with Crippen molar-refractivity contribution >= 4 is 0 Å². The predicted molar refractivity (Wildman–Crippen MR) is 81.8 cm³/mol. The first-order valence-corrected chi connectivity index (χ1v) is 7.30. The highest BCUT2D eigenvalue weighted by Gasteiger charge is 2.19. The average molecular weight is 261 g/mol. The van der Waals surface area contributed by atoms with Crippen molar-refractivity contribution in [2.75, 3.05) is 39.8 Å². The van der Waals surface area contributed by atoms with E-state index in [9.17, 15) is 0 Å². The van der Waals surface area contributed by atoms with Gasteiger partial charge in [-0.25, -0.2) is 0 Å². The molecule has 1 aliphatic heterocycles. The van der Waals surface area contributed by atoms with Gasteiger partial charge in [-0.05, 0) is 44.5 Å². The predicted octanol–water partition coefficient (Wildman–Crippen LogP) is 1.78. The minimum atomic E-state index is 0.429. The van der Waals surface area contributed by atoms with Gasteiger partial charge in [0.15, 0.2) is 0 Å². The molecule has 19 heavy (non-hydrogen) atoms. The summed E-state index contributed by atoms with van der Waals surface area (Å²) in [5.41, 5.74) is 5.65. The Balaban J connectivity index is 2.16. The highest BCUT2D eigenvalue weighted by molar-refractivity contribution is 5.39. The van der Waals surface area contributed by atoms with Crippen LogP contribution in [0.2, 0.25) is 0 Å². The first-order valence-electron chi connectivity index (χ1n) is 7.30. The number of hydrogen-bond acceptors (Lipinski definition) is 3. The van der Waals surface area contributed by atoms with Crippen molar-refractivity contribution in [1.29, 1.82) is 0 Å². The second-order valence-electron chi connectivity index (χ2n) is 5.70. The molecule has 0 amide bonds. The fraction of sp³-hybridized carbons (Fsp3) is 0.625. The van der Waals surface area contributed by atoms with E-state index in [0.717, 1.165) is 32.7 Å². The van der Waals surface area contributed by atoms with Gasteiger partial charge in [-0.15, -0.1) is 0 Å². The number of nitrogens with one attached hydrogen (secondary N) is 2. The summed E-state index contributed by atoms with van der Waals surface area (Å²) in [6.45, 7) is 12.3. The van der Waals surface area contributed by atoms with E-state index in [4.69, 9.17) is 0 Å². The molecule has 1 aromatic rings. The monoisotopic (exact) mass is 261 g/mol. The SMILES string of the molecule is CNC(CN1CCNCC1)c1c(C)cc(C)cc1C. The summed E-state index contributed by atoms with van der Waals surface area (Å²) in [7, 11) is 2.08. The van der Waals surface area contributed by atoms with Gasteiger partial charge >= 0.3 is 0 Å². The molecule has 1 fully saturated rings. The Morgan fingerprint density at radius 2 is 1.74 bits per heavy atom. The van der Waals surface area contributed by atoms with Crippen molar-refractivity contribution in [2.45, 2.75) is 26.8 Å². The van der Waals surface area contributed by atoms with Crippen LogP contribution in [-0.2, 0) is 0 Å². The molecule has 0 saturated carbocycles. The van der Waals surface area contributed by atoms with Crippen LogP contribution < -0.4 is 10.6 Å². The number of likely N-dealkylation sites (N-methyl/N-ethyl adjacent to an activating group) is 1. The highest BCUT2D eigenvalue weighted by Crippen LogP contribution is 2.24. The normalized spacial score (nSPS) is 18.5. The number of piperazine rings is 1. The van der Waals surface area contributed by atoms with Gasteiger partial charge in [0.05, 0.1) is 0 Å². The quantitative estimate of drug-likeness (QED) is 0.865. The lowest BCUT2D eigenvalue weighted by Crippen LogP contribution is -2.46. The topological polar surface area (TPSA) is 27.3 Å². The van der Waals surface area contributed by atoms with E-state index in [-0.39, 0.29) is 0 Å². The smallest absolute Gasteiger partial charge is 0.0452 e. The molecule has 1 unspecified atom stereocenters. The molecule has 1 aliphatic rings. The van der Waals surface area contributed by atoms with Crippen LogP contribution in [0.3, 0.4) is 0 Å². The molecule has 0 radical (unpaired) electrons. The summed E-state index contributed by atoms with van der Waals surface area (Å²) < 4.78 is 0. The van der Waals surface area contributed by atoms with Gasteiger partial charge in [0.2, 0.25) is 0 Å². The van der Waals surface area contributed by atoms with E-state index in [1.807, 2.05) is 0 Å². The third kappa shape index (κ3) is 3.56. The Morgan fingerprint density at radius 3 is 2.26 bits per heavy atom. The van der Waals surface area contributed by atoms with Crippen LogP contribution in [0, 0.1) is 20.8 Å². The lowest BCUT2D eigenvalue weighted by molar-refractivity contribution is 0.219. The number of benzene rings is 1. The van der Waals surface area contributed by atoms with Crippen LogP contribution in [-0.4, -0.2) is 44.7 Å². The largest absolute Gasteiger partial charge is 0.314 e. The van der Waals surface area contributed by atoms with Crippen molar-refractivity contribution < 1.29 is 0 Å². The maximum Gasteiger partial charge on any atom is 0.0452 e. The summed E-state index contributed by atoms with van der Waals surface area (Å²) in [6, 6.07) is 5.02. The van der Waals surface area contributed by atoms with Crippen LogP contribution in [0.25, 0.3) is 0 Å². The summed E-state index contributed by atoms with van der Waals surface area (Å²) in [5, 5.41) is 6.92. The zero-order valence-electron chi connectivity index (χ0n) is 12.7. The van der Waals surface area contributed by atoms with Crippen molar-refractivity contribution in [3.63, 3.8) is 0 Å². The highest BCUT2D eigenvalue weighted by atomic mass is 15.2. The Kier molecular flexibility index (Phi) is 4.97. The van der Waals surface area contributed by atoms with Crippen LogP contribution in [0.15, 0.2) is 12.1 Å². The van der Waals surface area contributed by atoms with E-state index >= 15 is 0 Å². The van der Waals surface area contributed by atoms with Crippen molar-refractivity contribution in [1.82, 2.24) is 15.5 Å². The van der Waals surface area contributed by atoms with Gasteiger partial charge in [-0.3, -0.25) is 4.90 Å². The number of rotatable bonds is 4. The van der Waals surface area contributed by atoms with Crippen molar-refractivity contribution in [3.05, 3.63) is 34.4 Å². The Hall–Kier alpha value is -0.900. The molecular formula is C16H27N3. The van der Waals surface area contributed by atoms with Crippen LogP contribution in [0.1, 0.15) is 28.3 Å². The van der Waals surface area contributed by atoms with E-state index in [0.29, 0.717) is 6.04 Å². The fourth-order valence-electron chi connectivity index (χ4n) is 3.22. The molecule has 2 N–H and O–H groups in total. The number of nitrogens with zero attached hydrogens (tertiary/aromatic N) is 1. The first-order chi connectivity index (χ1) is 9.11. The molecule has 0 spiro atoms. The van der Waals surface area contributed by atoms with Gasteiger partial charge in [0.25, 0.3) is 0 Å². The minimum absolute atomic E-state index is 0.429. The van der Waals surface area contributed by atoms with Crippen molar-refractivity contribution in [3.8, 4) is 0 Å². The molecule has 106 valence electrons. The molecular weight excluding hydrogens is 234 g/mol. The second-order valence-corrected chi connectivity index (χ2v) is 5.70. The molecule has 0 bridgehead atoms. The Labute approximate surface area is 117 Å². The van der Waals surface area contributed by atoms with Gasteiger partial charge in [0.1, 0.15) is 0 Å². The van der Waals surface area contributed by atoms with E-state index < -0.39 is 0 Å². The summed E-state index contributed by atoms with van der Waals surface area (Å²) >= 11 is 0. The van der Waals surface area contributed by atoms with Gasteiger partial charge in [0, 0.05) is 38.8 Å². The molecule has 1 aromatic carbocycles. The van der Waals surface area contributed by atoms with E-state index in [2.05, 4.69) is 55.5 Å². The Bertz CT molecular complexity index is 399. The average Bonchev–Trinajstić information content (AvgIpc) is 2.37. The zero-order valence-corrected chi connectivity index (χ0v) is 12.7. The summed E-state index contributed by atoms with van der Waals surface area (Å²) in [6.07, 6.45) is 0. The lowest BCUT2D eigenvalue weighted by atomic mass is 9.93. The number of hydrogen-bond donors (Lipinski definition) is 2. The lowest BCUT2D eigenvalue weighted by Gasteiger charge is -2.32. The molecule has 0 aliphatic carbocycles. The molecule has 1 heterocycles. The summed E-state index contributed by atoms with van der Waals surface area (Å²) in [4.78, 5) is 2.55. The molecule has 1 atom stereocenters. The fourth-order valence-corrected chi connectivity index (χ4v) is 3.22. The van der Waals surface area contributed by atoms with Crippen molar-refractivity contribution in [2.24, 2.45) is 0 Å². The first kappa shape index (κ1) is 14.5. The van der Waals surface area contributed by atoms with Crippen LogP contribution in [0.4, 0.5) is 0 Å². The molecule has 1 saturated heterocycles. The standard InChI is InChI=1S/C16H27N3/c1-12-9-13(2)16(14(3)10-12)15(17-4)11-19-7-5-18-6-8-19/h9-10,15,17-18H,5-8,11H2,1-4H3. The second kappa shape index (κ2) is 6.51. The van der Waals surface area contributed by atoms with Gasteiger partial charge in [-0.2, -0.15) is 0 Å². The van der Waals surface area contributed by atoms with Crippen LogP contribution >= 0.6 is 0 Å². The van der Waals surface area contributed by atoms with E-state index in [1.165, 1.54) is 22.3 Å². The Morgan fingerprint density at radius 1 is 1.16 bits per heavy atom. The van der Waals surface area contributed by atoms with Gasteiger partial charge < -0.3 is 10.6 Å². The minimum Gasteiger partial charge on any atom is -0.314 e. The summed E-state index contributed by atoms with van der Waals surface area (Å²) in [5.74, 6) is 0. The zero-order chi connectivity index (χ0) is 13.8. The molecule has 3 nitrogen and oxygen atoms in total. The maximum atomic E-state index is 3.50. The molecule has 2 rings (SSSR count). The molecule has 3 heteroatoms. The van der Waals surface area contributed by atoms with E-state index in [1.54, 1.807) is 0 Å². The number of aryl methyl sites for hydroxylation is 3. The third-order valence-corrected chi connectivity index (χ3v) is 4.09. The molecule has 0 aromatic heterocycles. The van der Waals surface area contributed by atoms with Crippen LogP contribution in [0.5, 0.6) is 0 Å². The third-order valence-electron chi connectivity index (χ3n) is 4.09. The maximum absolute atomic E-state index is 3.50. The van der Waals surface area contributed by atoms with Gasteiger partial charge in [-0.1, -0.05) is 17.7 Å².